The van der Waals surface area contributed by atoms with Gasteiger partial charge in [-0.15, -0.1) is 4.33 Å². The monoisotopic (exact) mass is 538 g/mol. The molecule has 37 heavy (non-hydrogen) atoms. The van der Waals surface area contributed by atoms with E-state index in [9.17, 15) is 4.79 Å². The number of carbonyl (C=O) groups excluding carboxylic acids is 1. The topological polar surface area (TPSA) is 65.0 Å². The van der Waals surface area contributed by atoms with Gasteiger partial charge in [0.05, 0.1) is 12.0 Å². The smallest absolute Gasteiger partial charge is 0.324 e. The lowest BCUT2D eigenvalue weighted by Crippen LogP contribution is -2.54. The fourth-order valence-corrected chi connectivity index (χ4v) is 10.1. The van der Waals surface area contributed by atoms with E-state index in [4.69, 9.17) is 9.99 Å². The Morgan fingerprint density at radius 1 is 0.973 bits per heavy atom. The van der Waals surface area contributed by atoms with E-state index in [2.05, 4.69) is 44.0 Å². The molecule has 0 aromatic carbocycles. The Balaban J connectivity index is 1.37. The van der Waals surface area contributed by atoms with Crippen molar-refractivity contribution < 1.29 is 24.2 Å². The Labute approximate surface area is 230 Å². The molecule has 0 amide bonds. The van der Waals surface area contributed by atoms with Gasteiger partial charge in [-0.05, 0) is 124 Å². The summed E-state index contributed by atoms with van der Waals surface area (Å²) >= 11 is 0.781. The van der Waals surface area contributed by atoms with Crippen LogP contribution in [0.2, 0.25) is 0 Å². The number of esters is 1. The van der Waals surface area contributed by atoms with Crippen molar-refractivity contribution in [2.24, 2.45) is 52.3 Å². The molecule has 0 radical (unpaired) electrons. The average molecular weight is 539 g/mol. The number of ether oxygens (including phenoxy) is 1. The quantitative estimate of drug-likeness (QED) is 0.130. The highest BCUT2D eigenvalue weighted by molar-refractivity contribution is 7.96. The third-order valence-electron chi connectivity index (χ3n) is 11.9. The summed E-state index contributed by atoms with van der Waals surface area (Å²) in [4.78, 5) is 12.8. The van der Waals surface area contributed by atoms with E-state index in [1.807, 2.05) is 0 Å². The summed E-state index contributed by atoms with van der Waals surface area (Å²) in [7, 11) is 0. The number of hydrogen-bond acceptors (Lipinski definition) is 6. The van der Waals surface area contributed by atoms with Gasteiger partial charge in [-0.3, -0.25) is 4.79 Å². The van der Waals surface area contributed by atoms with Crippen molar-refractivity contribution in [3.05, 3.63) is 0 Å². The standard InChI is InChI=1S/C31H54O5S/c1-20(2)9-8-10-21(3)25-13-14-26-24-12-11-22-19-23(34-28(32)29(4,5)37-36-35-33)15-17-30(22,6)27(24)16-18-31(25,26)7/h20-27,33H,8-19H2,1-7H3. The summed E-state index contributed by atoms with van der Waals surface area (Å²) in [5, 5.41) is 12.1. The number of rotatable bonds is 10. The molecule has 0 spiro atoms. The van der Waals surface area contributed by atoms with Crippen LogP contribution >= 0.6 is 12.0 Å². The molecule has 5 nitrogen and oxygen atoms in total. The Morgan fingerprint density at radius 3 is 2.38 bits per heavy atom. The molecule has 4 fully saturated rings. The molecule has 1 N–H and O–H groups in total. The van der Waals surface area contributed by atoms with Crippen LogP contribution in [0.25, 0.3) is 0 Å². The molecule has 0 aromatic heterocycles. The van der Waals surface area contributed by atoms with Crippen LogP contribution in [0.3, 0.4) is 0 Å². The van der Waals surface area contributed by atoms with Crippen LogP contribution in [0.1, 0.15) is 126 Å². The predicted molar refractivity (Wildman–Crippen MR) is 149 cm³/mol. The van der Waals surface area contributed by atoms with E-state index in [0.29, 0.717) is 16.7 Å². The third kappa shape index (κ3) is 5.93. The van der Waals surface area contributed by atoms with Crippen molar-refractivity contribution in [2.75, 3.05) is 0 Å². The maximum absolute atomic E-state index is 12.8. The Hall–Kier alpha value is -0.300. The molecular formula is C31H54O5S. The molecule has 0 bridgehead atoms. The zero-order valence-electron chi connectivity index (χ0n) is 24.6. The number of hydrogen-bond donors (Lipinski definition) is 1. The summed E-state index contributed by atoms with van der Waals surface area (Å²) in [6, 6.07) is 0. The van der Waals surface area contributed by atoms with Gasteiger partial charge < -0.3 is 4.74 Å². The molecule has 214 valence electrons. The van der Waals surface area contributed by atoms with Gasteiger partial charge in [0, 0.05) is 0 Å². The fourth-order valence-electron chi connectivity index (χ4n) is 9.78. The second-order valence-electron chi connectivity index (χ2n) is 14.7. The van der Waals surface area contributed by atoms with Crippen molar-refractivity contribution in [1.82, 2.24) is 0 Å². The van der Waals surface area contributed by atoms with E-state index < -0.39 is 4.75 Å². The Kier molecular flexibility index (Phi) is 9.36. The fraction of sp³-hybridized carbons (Fsp3) is 0.968. The van der Waals surface area contributed by atoms with Gasteiger partial charge in [0.2, 0.25) is 0 Å². The van der Waals surface area contributed by atoms with Crippen LogP contribution in [-0.4, -0.2) is 22.1 Å². The average Bonchev–Trinajstić information content (AvgIpc) is 3.20. The van der Waals surface area contributed by atoms with Gasteiger partial charge in [-0.1, -0.05) is 58.9 Å². The molecule has 4 aliphatic rings. The molecule has 9 unspecified atom stereocenters. The lowest BCUT2D eigenvalue weighted by Gasteiger charge is -2.61. The molecule has 0 heterocycles. The van der Waals surface area contributed by atoms with Crippen molar-refractivity contribution in [1.29, 1.82) is 0 Å². The van der Waals surface area contributed by atoms with Crippen LogP contribution in [0.15, 0.2) is 0 Å². The second kappa shape index (κ2) is 11.7. The highest BCUT2D eigenvalue weighted by Crippen LogP contribution is 2.68. The van der Waals surface area contributed by atoms with Gasteiger partial charge >= 0.3 is 5.97 Å². The zero-order chi connectivity index (χ0) is 27.0. The van der Waals surface area contributed by atoms with E-state index in [-0.39, 0.29) is 12.1 Å². The molecule has 0 aliphatic heterocycles. The van der Waals surface area contributed by atoms with Crippen molar-refractivity contribution in [2.45, 2.75) is 136 Å². The van der Waals surface area contributed by atoms with E-state index in [1.165, 1.54) is 64.2 Å². The first-order chi connectivity index (χ1) is 17.4. The molecule has 9 atom stereocenters. The molecule has 4 saturated carbocycles. The molecule has 4 rings (SSSR count). The van der Waals surface area contributed by atoms with E-state index in [0.717, 1.165) is 60.4 Å². The van der Waals surface area contributed by atoms with Crippen molar-refractivity contribution in [3.8, 4) is 0 Å². The predicted octanol–water partition coefficient (Wildman–Crippen LogP) is 8.87. The van der Waals surface area contributed by atoms with Gasteiger partial charge in [0.25, 0.3) is 0 Å². The van der Waals surface area contributed by atoms with Crippen molar-refractivity contribution >= 4 is 18.0 Å². The summed E-state index contributed by atoms with van der Waals surface area (Å²) in [6.45, 7) is 16.0. The van der Waals surface area contributed by atoms with Gasteiger partial charge in [-0.2, -0.15) is 0 Å². The molecule has 6 heteroatoms. The highest BCUT2D eigenvalue weighted by atomic mass is 32.2. The molecule has 0 saturated heterocycles. The first kappa shape index (κ1) is 29.7. The third-order valence-corrected chi connectivity index (χ3v) is 12.6. The van der Waals surface area contributed by atoms with Crippen LogP contribution in [0, 0.1) is 52.3 Å². The van der Waals surface area contributed by atoms with E-state index in [1.54, 1.807) is 13.8 Å². The van der Waals surface area contributed by atoms with Crippen LogP contribution < -0.4 is 0 Å². The summed E-state index contributed by atoms with van der Waals surface area (Å²) in [5.74, 6) is 5.56. The maximum Gasteiger partial charge on any atom is 0.324 e. The number of carbonyl (C=O) groups is 1. The highest BCUT2D eigenvalue weighted by Gasteiger charge is 2.60. The SMILES string of the molecule is CC(C)CCCC(C)C1CCC2C3CCC4CC(OC(=O)C(C)(C)SOOO)CCC4(C)C3CCC12C. The Bertz CT molecular complexity index is 786. The van der Waals surface area contributed by atoms with Crippen LogP contribution in [0.4, 0.5) is 0 Å². The number of fused-ring (bicyclic) bond motifs is 5. The van der Waals surface area contributed by atoms with E-state index >= 15 is 0 Å². The van der Waals surface area contributed by atoms with Crippen LogP contribution in [0.5, 0.6) is 0 Å². The van der Waals surface area contributed by atoms with Crippen LogP contribution in [-0.2, 0) is 18.9 Å². The maximum atomic E-state index is 12.8. The minimum atomic E-state index is -0.931. The van der Waals surface area contributed by atoms with Crippen molar-refractivity contribution in [3.63, 3.8) is 0 Å². The largest absolute Gasteiger partial charge is 0.461 e. The minimum absolute atomic E-state index is 0.0200. The first-order valence-corrected chi connectivity index (χ1v) is 16.0. The molecular weight excluding hydrogens is 484 g/mol. The zero-order valence-corrected chi connectivity index (χ0v) is 25.4. The minimum Gasteiger partial charge on any atom is -0.461 e. The van der Waals surface area contributed by atoms with Gasteiger partial charge in [0.15, 0.2) is 0 Å². The summed E-state index contributed by atoms with van der Waals surface area (Å²) in [5.41, 5.74) is 0.921. The summed E-state index contributed by atoms with van der Waals surface area (Å²) in [6.07, 6.45) is 15.6. The lowest BCUT2D eigenvalue weighted by atomic mass is 9.44. The molecule has 0 aromatic rings. The first-order valence-electron chi connectivity index (χ1n) is 15.3. The lowest BCUT2D eigenvalue weighted by molar-refractivity contribution is -0.432. The van der Waals surface area contributed by atoms with Gasteiger partial charge in [0.1, 0.15) is 10.9 Å². The Morgan fingerprint density at radius 2 is 1.68 bits per heavy atom. The van der Waals surface area contributed by atoms with Gasteiger partial charge in [-0.25, -0.2) is 5.26 Å². The molecule has 4 aliphatic carbocycles. The second-order valence-corrected chi connectivity index (χ2v) is 16.0. The summed E-state index contributed by atoms with van der Waals surface area (Å²) < 4.78 is 9.58. The normalized spacial score (nSPS) is 40.6.